The average molecular weight is 228 g/mol. The molecule has 0 amide bonds. The standard InChI is InChI=1S/C13H12N2O2/c1-9-6-7-11(13(17)8-9)15-14-10-4-2-3-5-12(10)16/h2-8,16-17H,1H3. The monoisotopic (exact) mass is 228 g/mol. The predicted octanol–water partition coefficient (Wildman–Crippen LogP) is 3.82. The summed E-state index contributed by atoms with van der Waals surface area (Å²) in [6.45, 7) is 1.88. The second kappa shape index (κ2) is 4.65. The molecule has 0 saturated heterocycles. The van der Waals surface area contributed by atoms with Crippen molar-refractivity contribution in [3.05, 3.63) is 48.0 Å². The van der Waals surface area contributed by atoms with Crippen LogP contribution in [-0.2, 0) is 0 Å². The summed E-state index contributed by atoms with van der Waals surface area (Å²) >= 11 is 0. The molecule has 17 heavy (non-hydrogen) atoms. The van der Waals surface area contributed by atoms with Crippen LogP contribution >= 0.6 is 0 Å². The summed E-state index contributed by atoms with van der Waals surface area (Å²) in [5, 5.41) is 26.9. The largest absolute Gasteiger partial charge is 0.506 e. The summed E-state index contributed by atoms with van der Waals surface area (Å²) in [4.78, 5) is 0. The van der Waals surface area contributed by atoms with Crippen LogP contribution in [0.3, 0.4) is 0 Å². The van der Waals surface area contributed by atoms with Gasteiger partial charge in [-0.25, -0.2) is 0 Å². The number of hydrogen-bond donors (Lipinski definition) is 2. The molecule has 4 nitrogen and oxygen atoms in total. The summed E-state index contributed by atoms with van der Waals surface area (Å²) < 4.78 is 0. The number of phenols is 2. The lowest BCUT2D eigenvalue weighted by molar-refractivity contribution is 0.473. The molecule has 0 atom stereocenters. The van der Waals surface area contributed by atoms with E-state index in [1.54, 1.807) is 30.3 Å². The van der Waals surface area contributed by atoms with Crippen molar-refractivity contribution in [3.8, 4) is 11.5 Å². The zero-order valence-electron chi connectivity index (χ0n) is 9.33. The summed E-state index contributed by atoms with van der Waals surface area (Å²) in [6.07, 6.45) is 0. The average Bonchev–Trinajstić information content (AvgIpc) is 2.30. The van der Waals surface area contributed by atoms with Crippen molar-refractivity contribution in [2.75, 3.05) is 0 Å². The van der Waals surface area contributed by atoms with Crippen molar-refractivity contribution in [2.24, 2.45) is 10.2 Å². The number of para-hydroxylation sites is 1. The molecule has 2 aromatic carbocycles. The molecule has 0 spiro atoms. The van der Waals surface area contributed by atoms with Crippen molar-refractivity contribution in [1.82, 2.24) is 0 Å². The molecule has 86 valence electrons. The van der Waals surface area contributed by atoms with Crippen molar-refractivity contribution in [3.63, 3.8) is 0 Å². The van der Waals surface area contributed by atoms with Crippen LogP contribution in [0.2, 0.25) is 0 Å². The Kier molecular flexibility index (Phi) is 3.05. The van der Waals surface area contributed by atoms with E-state index >= 15 is 0 Å². The normalized spacial score (nSPS) is 10.9. The molecule has 0 aliphatic rings. The maximum atomic E-state index is 9.62. The fourth-order valence-electron chi connectivity index (χ4n) is 1.37. The van der Waals surface area contributed by atoms with E-state index in [9.17, 15) is 10.2 Å². The van der Waals surface area contributed by atoms with E-state index in [-0.39, 0.29) is 11.5 Å². The Balaban J connectivity index is 2.29. The second-order valence-corrected chi connectivity index (χ2v) is 3.68. The molecule has 2 aromatic rings. The Morgan fingerprint density at radius 1 is 0.824 bits per heavy atom. The smallest absolute Gasteiger partial charge is 0.143 e. The van der Waals surface area contributed by atoms with Gasteiger partial charge in [0.15, 0.2) is 0 Å². The number of benzene rings is 2. The summed E-state index contributed by atoms with van der Waals surface area (Å²) in [5.74, 6) is 0.132. The van der Waals surface area contributed by atoms with Gasteiger partial charge in [0.25, 0.3) is 0 Å². The molecule has 0 aromatic heterocycles. The SMILES string of the molecule is Cc1ccc(N=Nc2ccccc2O)c(O)c1. The highest BCUT2D eigenvalue weighted by atomic mass is 16.3. The third-order valence-electron chi connectivity index (χ3n) is 2.28. The topological polar surface area (TPSA) is 65.2 Å². The molecule has 2 N–H and O–H groups in total. The minimum Gasteiger partial charge on any atom is -0.506 e. The number of azo groups is 1. The molecular weight excluding hydrogens is 216 g/mol. The van der Waals surface area contributed by atoms with Crippen LogP contribution in [0.4, 0.5) is 11.4 Å². The minimum atomic E-state index is 0.0582. The third-order valence-corrected chi connectivity index (χ3v) is 2.28. The van der Waals surface area contributed by atoms with Gasteiger partial charge < -0.3 is 10.2 Å². The Hall–Kier alpha value is -2.36. The first kappa shape index (κ1) is 11.1. The summed E-state index contributed by atoms with van der Waals surface area (Å²) in [5.41, 5.74) is 1.69. The highest BCUT2D eigenvalue weighted by Crippen LogP contribution is 2.31. The lowest BCUT2D eigenvalue weighted by Gasteiger charge is -1.99. The molecule has 4 heteroatoms. The Bertz CT molecular complexity index is 565. The lowest BCUT2D eigenvalue weighted by Crippen LogP contribution is -1.72. The maximum Gasteiger partial charge on any atom is 0.143 e. The van der Waals surface area contributed by atoms with E-state index < -0.39 is 0 Å². The van der Waals surface area contributed by atoms with Gasteiger partial charge in [-0.2, -0.15) is 0 Å². The van der Waals surface area contributed by atoms with Crippen molar-refractivity contribution in [1.29, 1.82) is 0 Å². The number of hydrogen-bond acceptors (Lipinski definition) is 4. The van der Waals surface area contributed by atoms with Crippen molar-refractivity contribution in [2.45, 2.75) is 6.92 Å². The van der Waals surface area contributed by atoms with Gasteiger partial charge in [0.2, 0.25) is 0 Å². The van der Waals surface area contributed by atoms with E-state index in [2.05, 4.69) is 10.2 Å². The lowest BCUT2D eigenvalue weighted by atomic mass is 10.2. The van der Waals surface area contributed by atoms with Crippen molar-refractivity contribution >= 4 is 11.4 Å². The molecule has 0 bridgehead atoms. The van der Waals surface area contributed by atoms with Gasteiger partial charge in [-0.3, -0.25) is 0 Å². The Morgan fingerprint density at radius 3 is 2.12 bits per heavy atom. The van der Waals surface area contributed by atoms with Crippen LogP contribution in [0.1, 0.15) is 5.56 Å². The van der Waals surface area contributed by atoms with Gasteiger partial charge in [0.05, 0.1) is 0 Å². The summed E-state index contributed by atoms with van der Waals surface area (Å²) in [6, 6.07) is 11.8. The first-order valence-corrected chi connectivity index (χ1v) is 5.16. The molecule has 2 rings (SSSR count). The number of rotatable bonds is 2. The van der Waals surface area contributed by atoms with E-state index in [1.807, 2.05) is 13.0 Å². The Labute approximate surface area is 98.9 Å². The minimum absolute atomic E-state index is 0.0582. The van der Waals surface area contributed by atoms with Crippen LogP contribution < -0.4 is 0 Å². The van der Waals surface area contributed by atoms with Crippen LogP contribution in [0, 0.1) is 6.92 Å². The first-order chi connectivity index (χ1) is 8.16. The van der Waals surface area contributed by atoms with E-state index in [0.29, 0.717) is 11.4 Å². The quantitative estimate of drug-likeness (QED) is 0.767. The van der Waals surface area contributed by atoms with Gasteiger partial charge in [-0.15, -0.1) is 10.2 Å². The van der Waals surface area contributed by atoms with E-state index in [0.717, 1.165) is 5.56 Å². The number of aromatic hydroxyl groups is 2. The second-order valence-electron chi connectivity index (χ2n) is 3.68. The number of nitrogens with zero attached hydrogens (tertiary/aromatic N) is 2. The van der Waals surface area contributed by atoms with Gasteiger partial charge in [-0.05, 0) is 36.8 Å². The van der Waals surface area contributed by atoms with Crippen LogP contribution in [0.25, 0.3) is 0 Å². The Morgan fingerprint density at radius 2 is 1.47 bits per heavy atom. The van der Waals surface area contributed by atoms with Crippen molar-refractivity contribution < 1.29 is 10.2 Å². The predicted molar refractivity (Wildman–Crippen MR) is 65.1 cm³/mol. The highest BCUT2D eigenvalue weighted by Gasteiger charge is 2.00. The fraction of sp³-hybridized carbons (Fsp3) is 0.0769. The molecule has 0 aliphatic heterocycles. The zero-order chi connectivity index (χ0) is 12.3. The van der Waals surface area contributed by atoms with Gasteiger partial charge in [0, 0.05) is 0 Å². The molecule has 0 heterocycles. The fourth-order valence-corrected chi connectivity index (χ4v) is 1.37. The van der Waals surface area contributed by atoms with Crippen LogP contribution in [-0.4, -0.2) is 10.2 Å². The first-order valence-electron chi connectivity index (χ1n) is 5.16. The van der Waals surface area contributed by atoms with Gasteiger partial charge in [-0.1, -0.05) is 18.2 Å². The summed E-state index contributed by atoms with van der Waals surface area (Å²) in [7, 11) is 0. The molecule has 0 saturated carbocycles. The molecular formula is C13H12N2O2. The van der Waals surface area contributed by atoms with Crippen LogP contribution in [0.15, 0.2) is 52.7 Å². The molecule has 0 radical (unpaired) electrons. The number of phenolic OH excluding ortho intramolecular Hbond substituents is 2. The van der Waals surface area contributed by atoms with Gasteiger partial charge in [0.1, 0.15) is 22.9 Å². The maximum absolute atomic E-state index is 9.62. The van der Waals surface area contributed by atoms with E-state index in [1.165, 1.54) is 6.07 Å². The molecule has 0 fully saturated rings. The molecule has 0 unspecified atom stereocenters. The van der Waals surface area contributed by atoms with Gasteiger partial charge >= 0.3 is 0 Å². The van der Waals surface area contributed by atoms with E-state index in [4.69, 9.17) is 0 Å². The number of aryl methyl sites for hydroxylation is 1. The third kappa shape index (κ3) is 2.60. The van der Waals surface area contributed by atoms with Crippen LogP contribution in [0.5, 0.6) is 11.5 Å². The highest BCUT2D eigenvalue weighted by molar-refractivity contribution is 5.54. The zero-order valence-corrected chi connectivity index (χ0v) is 9.33. The molecule has 0 aliphatic carbocycles.